The van der Waals surface area contributed by atoms with Crippen molar-refractivity contribution in [2.75, 3.05) is 6.54 Å². The fourth-order valence-electron chi connectivity index (χ4n) is 4.81. The van der Waals surface area contributed by atoms with Crippen molar-refractivity contribution < 1.29 is 4.79 Å². The molecular weight excluding hydrogens is 272 g/mol. The van der Waals surface area contributed by atoms with E-state index in [-0.39, 0.29) is 11.6 Å². The highest BCUT2D eigenvalue weighted by Crippen LogP contribution is 2.48. The Morgan fingerprint density at radius 1 is 1.18 bits per heavy atom. The largest absolute Gasteiger partial charge is 0.351 e. The van der Waals surface area contributed by atoms with E-state index in [1.165, 1.54) is 37.7 Å². The summed E-state index contributed by atoms with van der Waals surface area (Å²) in [5.74, 6) is 0.643. The monoisotopic (exact) mass is 300 g/mol. The van der Waals surface area contributed by atoms with Crippen LogP contribution in [0.4, 0.5) is 4.79 Å². The van der Waals surface area contributed by atoms with Gasteiger partial charge in [-0.2, -0.15) is 0 Å². The Kier molecular flexibility index (Phi) is 4.70. The van der Waals surface area contributed by atoms with Crippen LogP contribution in [0, 0.1) is 5.92 Å². The lowest BCUT2D eigenvalue weighted by Gasteiger charge is -2.48. The van der Waals surface area contributed by atoms with Crippen molar-refractivity contribution in [3.63, 3.8) is 0 Å². The van der Waals surface area contributed by atoms with Gasteiger partial charge >= 0.3 is 6.03 Å². The van der Waals surface area contributed by atoms with Crippen molar-refractivity contribution in [3.8, 4) is 0 Å². The van der Waals surface area contributed by atoms with Crippen molar-refractivity contribution in [2.45, 2.75) is 63.3 Å². The first-order valence-electron chi connectivity index (χ1n) is 8.83. The van der Waals surface area contributed by atoms with Gasteiger partial charge in [0.25, 0.3) is 0 Å². The highest BCUT2D eigenvalue weighted by Gasteiger charge is 2.49. The first kappa shape index (κ1) is 15.4. The molecule has 2 aliphatic rings. The minimum absolute atomic E-state index is 0.0841. The number of piperidine rings is 1. The number of primary amides is 1. The van der Waals surface area contributed by atoms with Crippen LogP contribution in [-0.2, 0) is 6.42 Å². The predicted octanol–water partition coefficient (Wildman–Crippen LogP) is 4.11. The van der Waals surface area contributed by atoms with Crippen LogP contribution in [0.2, 0.25) is 0 Å². The van der Waals surface area contributed by atoms with E-state index in [0.29, 0.717) is 5.92 Å². The Bertz CT molecular complexity index is 501. The van der Waals surface area contributed by atoms with Crippen molar-refractivity contribution in [1.82, 2.24) is 4.90 Å². The molecule has 1 aromatic rings. The molecule has 1 saturated carbocycles. The van der Waals surface area contributed by atoms with Gasteiger partial charge in [0.15, 0.2) is 0 Å². The molecule has 2 unspecified atom stereocenters. The van der Waals surface area contributed by atoms with Crippen LogP contribution in [-0.4, -0.2) is 23.0 Å². The molecule has 1 aromatic carbocycles. The molecule has 1 saturated heterocycles. The molecule has 2 N–H and O–H groups in total. The van der Waals surface area contributed by atoms with E-state index in [2.05, 4.69) is 30.3 Å². The van der Waals surface area contributed by atoms with Gasteiger partial charge in [0.05, 0.1) is 0 Å². The van der Waals surface area contributed by atoms with Crippen molar-refractivity contribution >= 4 is 6.03 Å². The van der Waals surface area contributed by atoms with Gasteiger partial charge in [-0.1, -0.05) is 36.8 Å². The normalized spacial score (nSPS) is 28.2. The summed E-state index contributed by atoms with van der Waals surface area (Å²) in [7, 11) is 0. The molecule has 1 aliphatic carbocycles. The number of hydrogen-bond acceptors (Lipinski definition) is 1. The number of likely N-dealkylation sites (tertiary alicyclic amines) is 1. The first-order chi connectivity index (χ1) is 10.7. The summed E-state index contributed by atoms with van der Waals surface area (Å²) in [4.78, 5) is 13.9. The smallest absolute Gasteiger partial charge is 0.315 e. The van der Waals surface area contributed by atoms with E-state index in [9.17, 15) is 4.79 Å². The van der Waals surface area contributed by atoms with Gasteiger partial charge in [-0.05, 0) is 62.8 Å². The topological polar surface area (TPSA) is 46.3 Å². The Morgan fingerprint density at radius 2 is 1.95 bits per heavy atom. The molecule has 120 valence electrons. The van der Waals surface area contributed by atoms with E-state index in [4.69, 9.17) is 5.73 Å². The van der Waals surface area contributed by atoms with Gasteiger partial charge < -0.3 is 10.6 Å². The van der Waals surface area contributed by atoms with Crippen LogP contribution in [0.15, 0.2) is 30.3 Å². The van der Waals surface area contributed by atoms with Gasteiger partial charge in [0.1, 0.15) is 0 Å². The summed E-state index contributed by atoms with van der Waals surface area (Å²) in [5, 5.41) is 0. The third kappa shape index (κ3) is 2.99. The van der Waals surface area contributed by atoms with Gasteiger partial charge in [-0.3, -0.25) is 0 Å². The molecule has 0 bridgehead atoms. The highest BCUT2D eigenvalue weighted by atomic mass is 16.2. The van der Waals surface area contributed by atoms with E-state index in [1.807, 2.05) is 4.90 Å². The standard InChI is InChI=1S/C19H28N2O/c20-18(22)21-15-5-4-13-19(21)14-7-12-17(19)11-6-10-16-8-2-1-3-9-16/h1-3,8-9,17H,4-7,10-15H2,(H2,20,22). The zero-order valence-corrected chi connectivity index (χ0v) is 13.5. The third-order valence-corrected chi connectivity index (χ3v) is 5.83. The first-order valence-corrected chi connectivity index (χ1v) is 8.83. The van der Waals surface area contributed by atoms with E-state index >= 15 is 0 Å². The minimum atomic E-state index is -0.199. The lowest BCUT2D eigenvalue weighted by molar-refractivity contribution is 0.0455. The van der Waals surface area contributed by atoms with Crippen LogP contribution >= 0.6 is 0 Å². The summed E-state index contributed by atoms with van der Waals surface area (Å²) >= 11 is 0. The number of carbonyl (C=O) groups excluding carboxylic acids is 1. The van der Waals surface area contributed by atoms with Crippen LogP contribution in [0.5, 0.6) is 0 Å². The van der Waals surface area contributed by atoms with Crippen LogP contribution in [0.3, 0.4) is 0 Å². The van der Waals surface area contributed by atoms with Crippen LogP contribution < -0.4 is 5.73 Å². The number of nitrogens with zero attached hydrogens (tertiary/aromatic N) is 1. The van der Waals surface area contributed by atoms with E-state index in [0.717, 1.165) is 32.2 Å². The number of benzene rings is 1. The maximum Gasteiger partial charge on any atom is 0.315 e. The predicted molar refractivity (Wildman–Crippen MR) is 89.6 cm³/mol. The minimum Gasteiger partial charge on any atom is -0.351 e. The Hall–Kier alpha value is -1.51. The molecule has 0 aromatic heterocycles. The van der Waals surface area contributed by atoms with Crippen molar-refractivity contribution in [1.29, 1.82) is 0 Å². The van der Waals surface area contributed by atoms with Gasteiger partial charge in [-0.15, -0.1) is 0 Å². The number of urea groups is 1. The molecule has 3 rings (SSSR count). The maximum absolute atomic E-state index is 11.9. The fourth-order valence-corrected chi connectivity index (χ4v) is 4.81. The molecule has 2 fully saturated rings. The summed E-state index contributed by atoms with van der Waals surface area (Å²) in [6, 6.07) is 10.5. The second-order valence-corrected chi connectivity index (χ2v) is 7.02. The van der Waals surface area contributed by atoms with Crippen molar-refractivity contribution in [2.24, 2.45) is 11.7 Å². The number of amides is 2. The molecule has 3 nitrogen and oxygen atoms in total. The van der Waals surface area contributed by atoms with Crippen LogP contribution in [0.25, 0.3) is 0 Å². The molecule has 22 heavy (non-hydrogen) atoms. The Labute approximate surface area is 133 Å². The lowest BCUT2D eigenvalue weighted by atomic mass is 9.76. The Balaban J connectivity index is 1.63. The summed E-state index contributed by atoms with van der Waals surface area (Å²) < 4.78 is 0. The fraction of sp³-hybridized carbons (Fsp3) is 0.632. The Morgan fingerprint density at radius 3 is 2.73 bits per heavy atom. The zero-order valence-electron chi connectivity index (χ0n) is 13.5. The summed E-state index contributed by atoms with van der Waals surface area (Å²) in [6.07, 6.45) is 10.8. The molecule has 1 spiro atoms. The number of aryl methyl sites for hydroxylation is 1. The van der Waals surface area contributed by atoms with Gasteiger partial charge in [0, 0.05) is 12.1 Å². The second kappa shape index (κ2) is 6.72. The van der Waals surface area contributed by atoms with E-state index < -0.39 is 0 Å². The van der Waals surface area contributed by atoms with Crippen LogP contribution in [0.1, 0.15) is 56.9 Å². The van der Waals surface area contributed by atoms with E-state index in [1.54, 1.807) is 0 Å². The molecule has 0 radical (unpaired) electrons. The quantitative estimate of drug-likeness (QED) is 0.893. The summed E-state index contributed by atoms with van der Waals surface area (Å²) in [6.45, 7) is 0.866. The third-order valence-electron chi connectivity index (χ3n) is 5.83. The van der Waals surface area contributed by atoms with Gasteiger partial charge in [0.2, 0.25) is 0 Å². The molecule has 3 heteroatoms. The zero-order chi connectivity index (χ0) is 15.4. The van der Waals surface area contributed by atoms with Crippen molar-refractivity contribution in [3.05, 3.63) is 35.9 Å². The molecule has 1 aliphatic heterocycles. The second-order valence-electron chi connectivity index (χ2n) is 7.02. The summed E-state index contributed by atoms with van der Waals surface area (Å²) in [5.41, 5.74) is 7.20. The average Bonchev–Trinajstić information content (AvgIpc) is 2.91. The molecule has 2 atom stereocenters. The molecular formula is C19H28N2O. The molecule has 2 amide bonds. The number of hydrogen-bond donors (Lipinski definition) is 1. The lowest BCUT2D eigenvalue weighted by Crippen LogP contribution is -2.58. The number of rotatable bonds is 4. The van der Waals surface area contributed by atoms with Gasteiger partial charge in [-0.25, -0.2) is 4.79 Å². The number of carbonyl (C=O) groups is 1. The SMILES string of the molecule is NC(=O)N1CCCCC12CCCC2CCCc1ccccc1. The highest BCUT2D eigenvalue weighted by molar-refractivity contribution is 5.73. The maximum atomic E-state index is 11.9. The number of nitrogens with two attached hydrogens (primary N) is 1. The average molecular weight is 300 g/mol. The molecule has 1 heterocycles.